The molecule has 6 nitrogen and oxygen atoms in total. The maximum absolute atomic E-state index is 11.8. The highest BCUT2D eigenvalue weighted by Gasteiger charge is 2.06. The summed E-state index contributed by atoms with van der Waals surface area (Å²) in [6, 6.07) is 6.58. The van der Waals surface area contributed by atoms with E-state index in [4.69, 9.17) is 11.6 Å². The van der Waals surface area contributed by atoms with E-state index < -0.39 is 0 Å². The Kier molecular flexibility index (Phi) is 6.52. The molecule has 3 N–H and O–H groups in total. The lowest BCUT2D eigenvalue weighted by Gasteiger charge is -2.08. The van der Waals surface area contributed by atoms with E-state index in [-0.39, 0.29) is 23.6 Å². The maximum atomic E-state index is 11.8. The summed E-state index contributed by atoms with van der Waals surface area (Å²) >= 11 is 5.31. The molecule has 0 bridgehead atoms. The highest BCUT2D eigenvalue weighted by atomic mass is 35.5. The molecule has 0 aliphatic rings. The number of anilines is 1. The maximum Gasteiger partial charge on any atom is 0.251 e. The van der Waals surface area contributed by atoms with Crippen molar-refractivity contribution < 1.29 is 14.4 Å². The van der Waals surface area contributed by atoms with Crippen LogP contribution in [0.4, 0.5) is 5.69 Å². The number of halogens is 1. The Morgan fingerprint density at radius 2 is 1.85 bits per heavy atom. The van der Waals surface area contributed by atoms with Gasteiger partial charge in [0.1, 0.15) is 5.88 Å². The topological polar surface area (TPSA) is 87.3 Å². The van der Waals surface area contributed by atoms with E-state index in [0.29, 0.717) is 24.3 Å². The van der Waals surface area contributed by atoms with Crippen LogP contribution in [-0.2, 0) is 9.59 Å². The number of rotatable bonds is 6. The molecule has 7 heteroatoms. The molecular weight excluding hydrogens is 282 g/mol. The van der Waals surface area contributed by atoms with Gasteiger partial charge in [0.25, 0.3) is 5.91 Å². The van der Waals surface area contributed by atoms with Crippen LogP contribution in [0.3, 0.4) is 0 Å². The zero-order valence-corrected chi connectivity index (χ0v) is 11.8. The SMILES string of the molecule is CC(=O)Nc1cccc(C(=O)NCCNC(=O)CCl)c1. The normalized spacial score (nSPS) is 9.70. The molecule has 3 amide bonds. The van der Waals surface area contributed by atoms with Gasteiger partial charge in [0.05, 0.1) is 0 Å². The van der Waals surface area contributed by atoms with Crippen LogP contribution in [0, 0.1) is 0 Å². The third-order valence-electron chi connectivity index (χ3n) is 2.30. The summed E-state index contributed by atoms with van der Waals surface area (Å²) in [5, 5.41) is 7.78. The van der Waals surface area contributed by atoms with Gasteiger partial charge in [-0.25, -0.2) is 0 Å². The predicted octanol–water partition coefficient (Wildman–Crippen LogP) is 0.730. The minimum Gasteiger partial charge on any atom is -0.353 e. The Balaban J connectivity index is 2.47. The molecule has 20 heavy (non-hydrogen) atoms. The van der Waals surface area contributed by atoms with Gasteiger partial charge in [-0.1, -0.05) is 6.07 Å². The smallest absolute Gasteiger partial charge is 0.251 e. The molecule has 0 aromatic heterocycles. The summed E-state index contributed by atoms with van der Waals surface area (Å²) in [5.41, 5.74) is 0.987. The van der Waals surface area contributed by atoms with Crippen LogP contribution in [0.25, 0.3) is 0 Å². The van der Waals surface area contributed by atoms with Gasteiger partial charge in [0.2, 0.25) is 11.8 Å². The fraction of sp³-hybridized carbons (Fsp3) is 0.308. The third-order valence-corrected chi connectivity index (χ3v) is 2.54. The van der Waals surface area contributed by atoms with Gasteiger partial charge in [-0.05, 0) is 18.2 Å². The van der Waals surface area contributed by atoms with Gasteiger partial charge in [0, 0.05) is 31.3 Å². The van der Waals surface area contributed by atoms with Crippen molar-refractivity contribution >= 4 is 35.0 Å². The van der Waals surface area contributed by atoms with Crippen molar-refractivity contribution in [2.24, 2.45) is 0 Å². The van der Waals surface area contributed by atoms with E-state index >= 15 is 0 Å². The van der Waals surface area contributed by atoms with Gasteiger partial charge < -0.3 is 16.0 Å². The van der Waals surface area contributed by atoms with Crippen LogP contribution in [0.15, 0.2) is 24.3 Å². The van der Waals surface area contributed by atoms with Crippen molar-refractivity contribution in [3.63, 3.8) is 0 Å². The van der Waals surface area contributed by atoms with E-state index in [1.54, 1.807) is 24.3 Å². The molecule has 1 rings (SSSR count). The molecule has 108 valence electrons. The monoisotopic (exact) mass is 297 g/mol. The third kappa shape index (κ3) is 5.71. The number of carbonyl (C=O) groups excluding carboxylic acids is 3. The van der Waals surface area contributed by atoms with Crippen LogP contribution >= 0.6 is 11.6 Å². The van der Waals surface area contributed by atoms with Gasteiger partial charge in [-0.2, -0.15) is 0 Å². The van der Waals surface area contributed by atoms with Crippen molar-refractivity contribution in [2.75, 3.05) is 24.3 Å². The van der Waals surface area contributed by atoms with Crippen molar-refractivity contribution in [3.8, 4) is 0 Å². The lowest BCUT2D eigenvalue weighted by molar-refractivity contribution is -0.118. The zero-order valence-electron chi connectivity index (χ0n) is 11.0. The minimum absolute atomic E-state index is 0.104. The molecule has 0 spiro atoms. The molecule has 1 aromatic rings. The highest BCUT2D eigenvalue weighted by molar-refractivity contribution is 6.27. The summed E-state index contributed by atoms with van der Waals surface area (Å²) < 4.78 is 0. The number of amides is 3. The Hall–Kier alpha value is -2.08. The second kappa shape index (κ2) is 8.16. The number of benzene rings is 1. The van der Waals surface area contributed by atoms with Crippen molar-refractivity contribution in [3.05, 3.63) is 29.8 Å². The van der Waals surface area contributed by atoms with Gasteiger partial charge in [-0.15, -0.1) is 11.6 Å². The van der Waals surface area contributed by atoms with E-state index in [9.17, 15) is 14.4 Å². The largest absolute Gasteiger partial charge is 0.353 e. The van der Waals surface area contributed by atoms with E-state index in [2.05, 4.69) is 16.0 Å². The summed E-state index contributed by atoms with van der Waals surface area (Å²) in [7, 11) is 0. The summed E-state index contributed by atoms with van der Waals surface area (Å²) in [6.45, 7) is 2.00. The molecule has 0 atom stereocenters. The van der Waals surface area contributed by atoms with E-state index in [0.717, 1.165) is 0 Å². The predicted molar refractivity (Wildman–Crippen MR) is 76.8 cm³/mol. The first-order chi connectivity index (χ1) is 9.52. The Labute approximate surface area is 121 Å². The summed E-state index contributed by atoms with van der Waals surface area (Å²) in [5.74, 6) is -0.871. The molecule has 0 saturated heterocycles. The van der Waals surface area contributed by atoms with Crippen molar-refractivity contribution in [2.45, 2.75) is 6.92 Å². The molecule has 0 heterocycles. The molecule has 0 fully saturated rings. The standard InChI is InChI=1S/C13H16ClN3O3/c1-9(18)17-11-4-2-3-10(7-11)13(20)16-6-5-15-12(19)8-14/h2-4,7H,5-6,8H2,1H3,(H,15,19)(H,16,20)(H,17,18). The first-order valence-electron chi connectivity index (χ1n) is 6.01. The van der Waals surface area contributed by atoms with Crippen LogP contribution in [0.5, 0.6) is 0 Å². The number of hydrogen-bond acceptors (Lipinski definition) is 3. The zero-order chi connectivity index (χ0) is 15.0. The summed E-state index contributed by atoms with van der Waals surface area (Å²) in [6.07, 6.45) is 0. The Bertz CT molecular complexity index is 505. The quantitative estimate of drug-likeness (QED) is 0.534. The van der Waals surface area contributed by atoms with Crippen LogP contribution < -0.4 is 16.0 Å². The van der Waals surface area contributed by atoms with Gasteiger partial charge in [-0.3, -0.25) is 14.4 Å². The average molecular weight is 298 g/mol. The molecule has 0 unspecified atom stereocenters. The minimum atomic E-state index is -0.284. The summed E-state index contributed by atoms with van der Waals surface area (Å²) in [4.78, 5) is 33.6. The first-order valence-corrected chi connectivity index (χ1v) is 6.55. The fourth-order valence-electron chi connectivity index (χ4n) is 1.47. The fourth-order valence-corrected chi connectivity index (χ4v) is 1.56. The number of alkyl halides is 1. The lowest BCUT2D eigenvalue weighted by atomic mass is 10.2. The van der Waals surface area contributed by atoms with Gasteiger partial charge in [0.15, 0.2) is 0 Å². The molecule has 0 aliphatic carbocycles. The Morgan fingerprint density at radius 1 is 1.15 bits per heavy atom. The van der Waals surface area contributed by atoms with Crippen molar-refractivity contribution in [1.29, 1.82) is 0 Å². The average Bonchev–Trinajstić information content (AvgIpc) is 2.42. The van der Waals surface area contributed by atoms with E-state index in [1.807, 2.05) is 0 Å². The highest BCUT2D eigenvalue weighted by Crippen LogP contribution is 2.10. The molecular formula is C13H16ClN3O3. The number of nitrogens with one attached hydrogen (secondary N) is 3. The van der Waals surface area contributed by atoms with Crippen LogP contribution in [-0.4, -0.2) is 36.7 Å². The lowest BCUT2D eigenvalue weighted by Crippen LogP contribution is -2.35. The molecule has 0 radical (unpaired) electrons. The molecule has 0 saturated carbocycles. The second-order valence-electron chi connectivity index (χ2n) is 4.00. The van der Waals surface area contributed by atoms with Crippen molar-refractivity contribution in [1.82, 2.24) is 10.6 Å². The molecule has 1 aromatic carbocycles. The van der Waals surface area contributed by atoms with Crippen LogP contribution in [0.1, 0.15) is 17.3 Å². The second-order valence-corrected chi connectivity index (χ2v) is 4.27. The first kappa shape index (κ1) is 16.0. The number of hydrogen-bond donors (Lipinski definition) is 3. The van der Waals surface area contributed by atoms with Gasteiger partial charge >= 0.3 is 0 Å². The van der Waals surface area contributed by atoms with Crippen LogP contribution in [0.2, 0.25) is 0 Å². The Morgan fingerprint density at radius 3 is 2.50 bits per heavy atom. The van der Waals surface area contributed by atoms with E-state index in [1.165, 1.54) is 6.92 Å². The molecule has 0 aliphatic heterocycles. The number of carbonyl (C=O) groups is 3.